The van der Waals surface area contributed by atoms with E-state index in [1.807, 2.05) is 48.5 Å². The molecule has 4 aromatic rings. The van der Waals surface area contributed by atoms with Crippen LogP contribution in [0.2, 0.25) is 5.02 Å². The number of rotatable bonds is 9. The molecule has 1 N–H and O–H groups in total. The molecule has 0 atom stereocenters. The summed E-state index contributed by atoms with van der Waals surface area (Å²) in [5.74, 6) is 0.495. The molecule has 0 fully saturated rings. The van der Waals surface area contributed by atoms with Gasteiger partial charge in [0, 0.05) is 27.6 Å². The van der Waals surface area contributed by atoms with Crippen molar-refractivity contribution in [3.8, 4) is 5.75 Å². The molecule has 9 heteroatoms. The molecule has 7 nitrogen and oxygen atoms in total. The lowest BCUT2D eigenvalue weighted by atomic mass is 10.0. The monoisotopic (exact) mass is 505 g/mol. The molecule has 0 radical (unpaired) electrons. The molecule has 0 saturated carbocycles. The number of fused-ring (bicyclic) bond motifs is 1. The minimum atomic E-state index is -0.439. The van der Waals surface area contributed by atoms with Gasteiger partial charge in [-0.25, -0.2) is 5.43 Å². The largest absolute Gasteiger partial charge is 0.488 e. The Morgan fingerprint density at radius 1 is 1.06 bits per heavy atom. The van der Waals surface area contributed by atoms with Crippen molar-refractivity contribution in [2.75, 3.05) is 5.75 Å². The number of carbonyl (C=O) groups is 1. The number of nitro groups is 1. The van der Waals surface area contributed by atoms with E-state index in [-0.39, 0.29) is 24.0 Å². The van der Waals surface area contributed by atoms with Crippen molar-refractivity contribution in [1.82, 2.24) is 5.43 Å². The van der Waals surface area contributed by atoms with Gasteiger partial charge in [0.2, 0.25) is 5.91 Å². The van der Waals surface area contributed by atoms with Crippen molar-refractivity contribution in [1.29, 1.82) is 0 Å². The van der Waals surface area contributed by atoms with Gasteiger partial charge in [0.1, 0.15) is 12.4 Å². The maximum Gasteiger partial charge on any atom is 0.269 e. The van der Waals surface area contributed by atoms with Crippen molar-refractivity contribution < 1.29 is 14.5 Å². The minimum absolute atomic E-state index is 0.00517. The number of halogens is 1. The number of nitro benzene ring substituents is 1. The van der Waals surface area contributed by atoms with Gasteiger partial charge >= 0.3 is 0 Å². The summed E-state index contributed by atoms with van der Waals surface area (Å²) in [6.07, 6.45) is 1.55. The fourth-order valence-electron chi connectivity index (χ4n) is 3.34. The molecule has 0 aromatic heterocycles. The summed E-state index contributed by atoms with van der Waals surface area (Å²) in [5.41, 5.74) is 3.92. The lowest BCUT2D eigenvalue weighted by Gasteiger charge is -2.12. The number of non-ortho nitro benzene ring substituents is 1. The second-order valence-corrected chi connectivity index (χ2v) is 8.94. The van der Waals surface area contributed by atoms with Crippen LogP contribution in [-0.2, 0) is 11.4 Å². The summed E-state index contributed by atoms with van der Waals surface area (Å²) in [4.78, 5) is 23.8. The Labute approximate surface area is 210 Å². The zero-order chi connectivity index (χ0) is 24.6. The highest BCUT2D eigenvalue weighted by molar-refractivity contribution is 8.00. The van der Waals surface area contributed by atoms with Crippen molar-refractivity contribution in [2.45, 2.75) is 11.5 Å². The molecule has 0 aliphatic carbocycles. The molecule has 0 aliphatic heterocycles. The SMILES string of the molecule is O=C(CSc1ccc(Cl)cc1)N/N=C\c1c(OCc2cccc([N+](=O)[O-])c2)ccc2ccccc12. The highest BCUT2D eigenvalue weighted by atomic mass is 35.5. The van der Waals surface area contributed by atoms with Crippen molar-refractivity contribution in [2.24, 2.45) is 5.10 Å². The quantitative estimate of drug-likeness (QED) is 0.126. The minimum Gasteiger partial charge on any atom is -0.488 e. The standard InChI is InChI=1S/C26H20ClN3O4S/c27-20-9-11-22(12-10-20)35-17-26(31)29-28-15-24-23-7-2-1-5-19(23)8-13-25(24)34-16-18-4-3-6-21(14-18)30(32)33/h1-15H,16-17H2,(H,29,31)/b28-15-. The zero-order valence-corrected chi connectivity index (χ0v) is 20.0. The lowest BCUT2D eigenvalue weighted by molar-refractivity contribution is -0.384. The predicted octanol–water partition coefficient (Wildman–Crippen LogP) is 6.22. The Kier molecular flexibility index (Phi) is 7.97. The summed E-state index contributed by atoms with van der Waals surface area (Å²) in [6, 6.07) is 25.1. The van der Waals surface area contributed by atoms with Gasteiger partial charge in [-0.05, 0) is 46.7 Å². The van der Waals surface area contributed by atoms with E-state index >= 15 is 0 Å². The average Bonchev–Trinajstić information content (AvgIpc) is 2.87. The zero-order valence-electron chi connectivity index (χ0n) is 18.4. The van der Waals surface area contributed by atoms with E-state index in [0.717, 1.165) is 15.7 Å². The van der Waals surface area contributed by atoms with Crippen molar-refractivity contribution in [3.05, 3.63) is 111 Å². The molecule has 0 saturated heterocycles. The maximum atomic E-state index is 12.3. The van der Waals surface area contributed by atoms with Crippen LogP contribution in [0.3, 0.4) is 0 Å². The first-order chi connectivity index (χ1) is 17.0. The van der Waals surface area contributed by atoms with Gasteiger partial charge < -0.3 is 4.74 Å². The van der Waals surface area contributed by atoms with Gasteiger partial charge in [0.15, 0.2) is 0 Å². The summed E-state index contributed by atoms with van der Waals surface area (Å²) in [7, 11) is 0. The summed E-state index contributed by atoms with van der Waals surface area (Å²) in [5, 5.41) is 17.7. The van der Waals surface area contributed by atoms with E-state index < -0.39 is 4.92 Å². The van der Waals surface area contributed by atoms with Crippen LogP contribution in [0.1, 0.15) is 11.1 Å². The molecule has 176 valence electrons. The Bertz CT molecular complexity index is 1390. The third-order valence-electron chi connectivity index (χ3n) is 5.01. The van der Waals surface area contributed by atoms with E-state index in [4.69, 9.17) is 16.3 Å². The first-order valence-electron chi connectivity index (χ1n) is 10.6. The highest BCUT2D eigenvalue weighted by Crippen LogP contribution is 2.28. The second-order valence-electron chi connectivity index (χ2n) is 7.45. The number of hydrogen-bond acceptors (Lipinski definition) is 6. The molecule has 4 aromatic carbocycles. The molecule has 0 unspecified atom stereocenters. The molecule has 0 bridgehead atoms. The van der Waals surface area contributed by atoms with Gasteiger partial charge in [-0.15, -0.1) is 11.8 Å². The first-order valence-corrected chi connectivity index (χ1v) is 11.9. The van der Waals surface area contributed by atoms with E-state index in [0.29, 0.717) is 21.9 Å². The topological polar surface area (TPSA) is 93.8 Å². The third kappa shape index (κ3) is 6.59. The van der Waals surface area contributed by atoms with E-state index in [1.165, 1.54) is 23.9 Å². The van der Waals surface area contributed by atoms with Crippen LogP contribution in [0.15, 0.2) is 94.9 Å². The Morgan fingerprint density at radius 2 is 1.86 bits per heavy atom. The third-order valence-corrected chi connectivity index (χ3v) is 6.28. The van der Waals surface area contributed by atoms with Gasteiger partial charge in [-0.1, -0.05) is 54.1 Å². The maximum absolute atomic E-state index is 12.3. The van der Waals surface area contributed by atoms with Crippen molar-refractivity contribution in [3.63, 3.8) is 0 Å². The number of ether oxygens (including phenoxy) is 1. The van der Waals surface area contributed by atoms with Crippen LogP contribution in [0.25, 0.3) is 10.8 Å². The van der Waals surface area contributed by atoms with E-state index in [2.05, 4.69) is 10.5 Å². The van der Waals surface area contributed by atoms with Crippen LogP contribution < -0.4 is 10.2 Å². The second kappa shape index (κ2) is 11.5. The Balaban J connectivity index is 1.47. The predicted molar refractivity (Wildman–Crippen MR) is 139 cm³/mol. The van der Waals surface area contributed by atoms with Crippen LogP contribution in [0, 0.1) is 10.1 Å². The summed E-state index contributed by atoms with van der Waals surface area (Å²) in [6.45, 7) is 0.144. The summed E-state index contributed by atoms with van der Waals surface area (Å²) >= 11 is 7.27. The number of nitrogens with one attached hydrogen (secondary N) is 1. The van der Waals surface area contributed by atoms with Gasteiger partial charge in [-0.2, -0.15) is 5.10 Å². The number of hydrogen-bond donors (Lipinski definition) is 1. The fraction of sp³-hybridized carbons (Fsp3) is 0.0769. The number of carbonyl (C=O) groups excluding carboxylic acids is 1. The van der Waals surface area contributed by atoms with E-state index in [9.17, 15) is 14.9 Å². The lowest BCUT2D eigenvalue weighted by Crippen LogP contribution is -2.19. The van der Waals surface area contributed by atoms with Crippen LogP contribution in [0.5, 0.6) is 5.75 Å². The molecule has 1 amide bonds. The van der Waals surface area contributed by atoms with Gasteiger partial charge in [0.05, 0.1) is 16.9 Å². The molecule has 0 spiro atoms. The molecule has 4 rings (SSSR count). The number of hydrazone groups is 1. The highest BCUT2D eigenvalue weighted by Gasteiger charge is 2.10. The average molecular weight is 506 g/mol. The van der Waals surface area contributed by atoms with E-state index in [1.54, 1.807) is 30.5 Å². The first kappa shape index (κ1) is 24.3. The van der Waals surface area contributed by atoms with Crippen LogP contribution >= 0.6 is 23.4 Å². The molecule has 0 aliphatic rings. The van der Waals surface area contributed by atoms with Crippen LogP contribution in [-0.4, -0.2) is 22.8 Å². The number of amides is 1. The van der Waals surface area contributed by atoms with Gasteiger partial charge in [-0.3, -0.25) is 14.9 Å². The Morgan fingerprint density at radius 3 is 2.66 bits per heavy atom. The molecule has 35 heavy (non-hydrogen) atoms. The number of nitrogens with zero attached hydrogens (tertiary/aromatic N) is 2. The normalized spacial score (nSPS) is 11.0. The number of benzene rings is 4. The Hall–Kier alpha value is -3.88. The van der Waals surface area contributed by atoms with Crippen LogP contribution in [0.4, 0.5) is 5.69 Å². The molecular weight excluding hydrogens is 486 g/mol. The molecule has 0 heterocycles. The smallest absolute Gasteiger partial charge is 0.269 e. The number of thioether (sulfide) groups is 1. The van der Waals surface area contributed by atoms with Crippen molar-refractivity contribution >= 4 is 51.9 Å². The van der Waals surface area contributed by atoms with Gasteiger partial charge in [0.25, 0.3) is 5.69 Å². The summed E-state index contributed by atoms with van der Waals surface area (Å²) < 4.78 is 6.00. The molecular formula is C26H20ClN3O4S. The fourth-order valence-corrected chi connectivity index (χ4v) is 4.15.